The van der Waals surface area contributed by atoms with Crippen LogP contribution in [0.1, 0.15) is 22.8 Å². The van der Waals surface area contributed by atoms with E-state index >= 15 is 0 Å². The van der Waals surface area contributed by atoms with Gasteiger partial charge in [0.25, 0.3) is 0 Å². The number of fused-ring (bicyclic) bond motifs is 1. The Morgan fingerprint density at radius 2 is 2.09 bits per heavy atom. The van der Waals surface area contributed by atoms with Gasteiger partial charge in [0.05, 0.1) is 18.4 Å². The molecule has 116 valence electrons. The van der Waals surface area contributed by atoms with Crippen molar-refractivity contribution in [3.63, 3.8) is 0 Å². The van der Waals surface area contributed by atoms with Gasteiger partial charge >= 0.3 is 5.97 Å². The molecule has 1 aliphatic heterocycles. The predicted octanol–water partition coefficient (Wildman–Crippen LogP) is 3.40. The maximum atomic E-state index is 11.1. The molecule has 4 nitrogen and oxygen atoms in total. The molecular formula is C19H17NO3. The molecule has 0 spiro atoms. The number of anilines is 1. The first-order valence-corrected chi connectivity index (χ1v) is 7.38. The van der Waals surface area contributed by atoms with Crippen molar-refractivity contribution in [2.24, 2.45) is 0 Å². The Labute approximate surface area is 135 Å². The van der Waals surface area contributed by atoms with E-state index in [9.17, 15) is 4.79 Å². The molecule has 0 fully saturated rings. The molecule has 0 bridgehead atoms. The summed E-state index contributed by atoms with van der Waals surface area (Å²) in [5, 5.41) is 9.10. The highest BCUT2D eigenvalue weighted by molar-refractivity contribution is 5.90. The summed E-state index contributed by atoms with van der Waals surface area (Å²) in [6.45, 7) is 2.73. The lowest BCUT2D eigenvalue weighted by Crippen LogP contribution is -2.12. The molecule has 0 saturated carbocycles. The number of aromatic carboxylic acids is 1. The molecule has 1 heterocycles. The molecule has 23 heavy (non-hydrogen) atoms. The molecule has 0 unspecified atom stereocenters. The van der Waals surface area contributed by atoms with Gasteiger partial charge in [-0.3, -0.25) is 0 Å². The van der Waals surface area contributed by atoms with Gasteiger partial charge in [0.1, 0.15) is 5.75 Å². The third kappa shape index (κ3) is 2.74. The lowest BCUT2D eigenvalue weighted by molar-refractivity contribution is 0.0696. The van der Waals surface area contributed by atoms with Crippen molar-refractivity contribution in [1.82, 2.24) is 0 Å². The lowest BCUT2D eigenvalue weighted by Gasteiger charge is -2.13. The minimum atomic E-state index is -0.961. The highest BCUT2D eigenvalue weighted by Gasteiger charge is 2.19. The third-order valence-electron chi connectivity index (χ3n) is 3.98. The first kappa shape index (κ1) is 15.0. The number of nitrogens with zero attached hydrogens (tertiary/aromatic N) is 1. The molecule has 0 radical (unpaired) electrons. The monoisotopic (exact) mass is 307 g/mol. The van der Waals surface area contributed by atoms with Crippen LogP contribution in [0.4, 0.5) is 5.69 Å². The SMILES string of the molecule is CC#CN1CCc2cc(-c3ccc(C(=O)O)cc3OC)ccc21. The largest absolute Gasteiger partial charge is 0.496 e. The molecular weight excluding hydrogens is 290 g/mol. The average molecular weight is 307 g/mol. The van der Waals surface area contributed by atoms with Gasteiger partial charge in [-0.1, -0.05) is 12.0 Å². The van der Waals surface area contributed by atoms with Crippen molar-refractivity contribution in [3.8, 4) is 28.8 Å². The quantitative estimate of drug-likeness (QED) is 0.883. The Balaban J connectivity index is 2.03. The van der Waals surface area contributed by atoms with Crippen LogP contribution in [-0.4, -0.2) is 24.7 Å². The van der Waals surface area contributed by atoms with Crippen molar-refractivity contribution in [2.45, 2.75) is 13.3 Å². The van der Waals surface area contributed by atoms with Gasteiger partial charge in [0, 0.05) is 18.2 Å². The zero-order valence-corrected chi connectivity index (χ0v) is 13.1. The van der Waals surface area contributed by atoms with Gasteiger partial charge in [-0.05, 0) is 54.8 Å². The van der Waals surface area contributed by atoms with Crippen LogP contribution in [0.5, 0.6) is 5.75 Å². The molecule has 0 amide bonds. The summed E-state index contributed by atoms with van der Waals surface area (Å²) in [5.74, 6) is 2.53. The first-order chi connectivity index (χ1) is 11.1. The predicted molar refractivity (Wildman–Crippen MR) is 89.9 cm³/mol. The van der Waals surface area contributed by atoms with E-state index in [4.69, 9.17) is 9.84 Å². The summed E-state index contributed by atoms with van der Waals surface area (Å²) in [7, 11) is 1.55. The highest BCUT2D eigenvalue weighted by Crippen LogP contribution is 2.36. The Morgan fingerprint density at radius 3 is 2.78 bits per heavy atom. The van der Waals surface area contributed by atoms with Crippen LogP contribution in [0, 0.1) is 12.0 Å². The Bertz CT molecular complexity index is 830. The molecule has 0 saturated heterocycles. The van der Waals surface area contributed by atoms with Gasteiger partial charge in [-0.25, -0.2) is 4.79 Å². The Kier molecular flexibility index (Phi) is 3.94. The van der Waals surface area contributed by atoms with Crippen molar-refractivity contribution >= 4 is 11.7 Å². The van der Waals surface area contributed by atoms with Crippen LogP contribution in [0.3, 0.4) is 0 Å². The van der Waals surface area contributed by atoms with Crippen LogP contribution in [0.25, 0.3) is 11.1 Å². The van der Waals surface area contributed by atoms with Crippen molar-refractivity contribution in [2.75, 3.05) is 18.6 Å². The summed E-state index contributed by atoms with van der Waals surface area (Å²) in [6, 6.07) is 14.3. The van der Waals surface area contributed by atoms with Crippen LogP contribution in [-0.2, 0) is 6.42 Å². The second kappa shape index (κ2) is 6.05. The molecule has 0 atom stereocenters. The lowest BCUT2D eigenvalue weighted by atomic mass is 9.99. The normalized spacial score (nSPS) is 12.3. The maximum absolute atomic E-state index is 11.1. The van der Waals surface area contributed by atoms with E-state index in [2.05, 4.69) is 29.0 Å². The molecule has 1 N–H and O–H groups in total. The number of methoxy groups -OCH3 is 1. The number of carbonyl (C=O) groups is 1. The minimum Gasteiger partial charge on any atom is -0.496 e. The molecule has 3 rings (SSSR count). The van der Waals surface area contributed by atoms with Crippen LogP contribution < -0.4 is 9.64 Å². The molecule has 0 aromatic heterocycles. The summed E-state index contributed by atoms with van der Waals surface area (Å²) in [6.07, 6.45) is 0.952. The van der Waals surface area contributed by atoms with Crippen molar-refractivity contribution in [3.05, 3.63) is 47.5 Å². The van der Waals surface area contributed by atoms with Gasteiger partial charge in [-0.15, -0.1) is 0 Å². The Hall–Kier alpha value is -2.93. The zero-order chi connectivity index (χ0) is 16.4. The van der Waals surface area contributed by atoms with Gasteiger partial charge in [0.2, 0.25) is 0 Å². The number of carboxylic acid groups (broad SMARTS) is 1. The number of hydrogen-bond acceptors (Lipinski definition) is 3. The van der Waals surface area contributed by atoms with E-state index in [-0.39, 0.29) is 5.56 Å². The maximum Gasteiger partial charge on any atom is 0.335 e. The van der Waals surface area contributed by atoms with E-state index in [1.165, 1.54) is 5.56 Å². The fourth-order valence-corrected chi connectivity index (χ4v) is 2.88. The zero-order valence-electron chi connectivity index (χ0n) is 13.1. The molecule has 0 aliphatic carbocycles. The fraction of sp³-hybridized carbons (Fsp3) is 0.211. The standard InChI is InChI=1S/C19H17NO3/c1-3-9-20-10-8-14-11-13(5-7-17(14)20)16-6-4-15(19(21)22)12-18(16)23-2/h4-7,11-12H,8,10H2,1-2H3,(H,21,22). The van der Waals surface area contributed by atoms with E-state index < -0.39 is 5.97 Å². The van der Waals surface area contributed by atoms with Crippen LogP contribution >= 0.6 is 0 Å². The smallest absolute Gasteiger partial charge is 0.335 e. The fourth-order valence-electron chi connectivity index (χ4n) is 2.88. The highest BCUT2D eigenvalue weighted by atomic mass is 16.5. The Morgan fingerprint density at radius 1 is 1.26 bits per heavy atom. The average Bonchev–Trinajstić information content (AvgIpc) is 2.97. The van der Waals surface area contributed by atoms with Gasteiger partial charge in [-0.2, -0.15) is 0 Å². The molecule has 2 aromatic carbocycles. The second-order valence-corrected chi connectivity index (χ2v) is 5.33. The molecule has 4 heteroatoms. The van der Waals surface area contributed by atoms with Gasteiger partial charge in [0.15, 0.2) is 0 Å². The minimum absolute atomic E-state index is 0.219. The van der Waals surface area contributed by atoms with Crippen molar-refractivity contribution < 1.29 is 14.6 Å². The second-order valence-electron chi connectivity index (χ2n) is 5.33. The number of carboxylic acids is 1. The van der Waals surface area contributed by atoms with E-state index in [1.54, 1.807) is 25.3 Å². The summed E-state index contributed by atoms with van der Waals surface area (Å²) in [4.78, 5) is 13.2. The molecule has 2 aromatic rings. The number of benzene rings is 2. The number of hydrogen-bond donors (Lipinski definition) is 1. The van der Waals surface area contributed by atoms with Gasteiger partial charge < -0.3 is 14.7 Å². The van der Waals surface area contributed by atoms with Crippen LogP contribution in [0.2, 0.25) is 0 Å². The third-order valence-corrected chi connectivity index (χ3v) is 3.98. The summed E-state index contributed by atoms with van der Waals surface area (Å²) >= 11 is 0. The van der Waals surface area contributed by atoms with Crippen molar-refractivity contribution in [1.29, 1.82) is 0 Å². The summed E-state index contributed by atoms with van der Waals surface area (Å²) < 4.78 is 5.37. The topological polar surface area (TPSA) is 49.8 Å². The van der Waals surface area contributed by atoms with E-state index in [0.29, 0.717) is 5.75 Å². The summed E-state index contributed by atoms with van der Waals surface area (Å²) in [5.41, 5.74) is 4.51. The van der Waals surface area contributed by atoms with E-state index in [1.807, 2.05) is 13.0 Å². The van der Waals surface area contributed by atoms with Crippen LogP contribution in [0.15, 0.2) is 36.4 Å². The first-order valence-electron chi connectivity index (χ1n) is 7.38. The van der Waals surface area contributed by atoms with E-state index in [0.717, 1.165) is 29.8 Å². The number of ether oxygens (including phenoxy) is 1. The number of rotatable bonds is 3. The molecule has 1 aliphatic rings.